The summed E-state index contributed by atoms with van der Waals surface area (Å²) in [5, 5.41) is 2.65. The van der Waals surface area contributed by atoms with E-state index >= 15 is 0 Å². The van der Waals surface area contributed by atoms with E-state index in [1.54, 1.807) is 17.2 Å². The van der Waals surface area contributed by atoms with Crippen molar-refractivity contribution in [1.82, 2.24) is 20.2 Å². The highest BCUT2D eigenvalue weighted by Crippen LogP contribution is 2.55. The third-order valence-corrected chi connectivity index (χ3v) is 11.0. The number of imidazole rings is 1. The Morgan fingerprint density at radius 3 is 2.38 bits per heavy atom. The summed E-state index contributed by atoms with van der Waals surface area (Å²) in [6.45, 7) is 4.26. The lowest BCUT2D eigenvalue weighted by molar-refractivity contribution is -0.135. The molecule has 1 aromatic heterocycles. The molecule has 0 radical (unpaired) electrons. The molecule has 258 valence electrons. The van der Waals surface area contributed by atoms with Gasteiger partial charge in [-0.1, -0.05) is 57.0 Å². The number of aromatic nitrogens is 2. The van der Waals surface area contributed by atoms with Gasteiger partial charge >= 0.3 is 21.7 Å². The third-order valence-electron chi connectivity index (χ3n) is 10.0. The Balaban J connectivity index is 1.26. The van der Waals surface area contributed by atoms with Crippen molar-refractivity contribution >= 4 is 22.1 Å². The van der Waals surface area contributed by atoms with Crippen molar-refractivity contribution in [3.63, 3.8) is 0 Å². The lowest BCUT2D eigenvalue weighted by Crippen LogP contribution is -2.51. The monoisotopic (exact) mass is 688 g/mol. The maximum Gasteiger partial charge on any atom is 0.534 e. The number of nitrogens with one attached hydrogen (secondary N) is 2. The van der Waals surface area contributed by atoms with Crippen molar-refractivity contribution in [3.05, 3.63) is 59.5 Å². The molecule has 1 saturated carbocycles. The first-order valence-electron chi connectivity index (χ1n) is 16.2. The van der Waals surface area contributed by atoms with Gasteiger partial charge in [0.25, 0.3) is 0 Å². The molecule has 3 aromatic rings. The summed E-state index contributed by atoms with van der Waals surface area (Å²) >= 11 is 0. The number of carbonyl (C=O) groups excluding carboxylic acids is 2. The van der Waals surface area contributed by atoms with Crippen LogP contribution in [0.3, 0.4) is 0 Å². The van der Waals surface area contributed by atoms with Crippen LogP contribution in [0.15, 0.2) is 42.6 Å². The molecule has 3 aliphatic rings. The molecule has 2 amide bonds. The number of nitrogens with zero attached hydrogens (tertiary/aromatic N) is 2. The number of alkyl halides is 3. The average molecular weight is 689 g/mol. The number of methoxy groups -OCH3 is 1. The van der Waals surface area contributed by atoms with E-state index in [0.29, 0.717) is 24.4 Å². The first-order chi connectivity index (χ1) is 22.7. The number of carbonyl (C=O) groups is 2. The minimum Gasteiger partial charge on any atom is -0.453 e. The number of ether oxygens (including phenoxy) is 1. The fourth-order valence-electron chi connectivity index (χ4n) is 7.68. The maximum absolute atomic E-state index is 13.5. The highest BCUT2D eigenvalue weighted by Gasteiger charge is 2.50. The SMILES string of the molecule is COC(=O)N[C@H](C(=O)N1CCC[C@H]1c1ncc(-c2ccc(-c3ccc(OS(=O)(=O)C(F)(F)F)c4c3C3(CCCC3)CC4)cc2)[nH]1)C(C)C. The Morgan fingerprint density at radius 2 is 1.73 bits per heavy atom. The summed E-state index contributed by atoms with van der Waals surface area (Å²) in [4.78, 5) is 35.1. The van der Waals surface area contributed by atoms with Crippen LogP contribution in [0, 0.1) is 5.92 Å². The number of H-pyrrole nitrogens is 1. The summed E-state index contributed by atoms with van der Waals surface area (Å²) < 4.78 is 72.8. The van der Waals surface area contributed by atoms with E-state index in [9.17, 15) is 31.2 Å². The number of hydrogen-bond acceptors (Lipinski definition) is 7. The number of rotatable bonds is 8. The van der Waals surface area contributed by atoms with E-state index in [0.717, 1.165) is 72.9 Å². The van der Waals surface area contributed by atoms with E-state index in [1.165, 1.54) is 13.2 Å². The van der Waals surface area contributed by atoms with Gasteiger partial charge in [-0.15, -0.1) is 0 Å². The summed E-state index contributed by atoms with van der Waals surface area (Å²) in [6.07, 6.45) is 7.50. The van der Waals surface area contributed by atoms with Crippen LogP contribution >= 0.6 is 0 Å². The van der Waals surface area contributed by atoms with Crippen LogP contribution < -0.4 is 9.50 Å². The molecular weight excluding hydrogens is 649 g/mol. The lowest BCUT2D eigenvalue weighted by Gasteiger charge is -2.30. The van der Waals surface area contributed by atoms with Gasteiger partial charge in [0, 0.05) is 12.1 Å². The van der Waals surface area contributed by atoms with Gasteiger partial charge in [0.1, 0.15) is 17.6 Å². The fourth-order valence-corrected chi connectivity index (χ4v) is 8.17. The normalized spacial score (nSPS) is 19.5. The Morgan fingerprint density at radius 1 is 1.04 bits per heavy atom. The minimum absolute atomic E-state index is 0.148. The van der Waals surface area contributed by atoms with Crippen molar-refractivity contribution in [1.29, 1.82) is 0 Å². The smallest absolute Gasteiger partial charge is 0.453 e. The van der Waals surface area contributed by atoms with Crippen LogP contribution in [0.1, 0.15) is 81.8 Å². The van der Waals surface area contributed by atoms with Crippen molar-refractivity contribution < 1.29 is 40.1 Å². The standard InChI is InChI=1S/C34H39F3N4O6S/c1-20(2)29(40-32(43)46-3)31(42)41-18-6-7-26(41)30-38-19-25(39-30)22-10-8-21(9-11-22)23-12-13-27(47-48(44,45)34(35,36)37)24-14-17-33(28(23)24)15-4-5-16-33/h8-13,19-20,26,29H,4-7,14-18H2,1-3H3,(H,38,39)(H,40,43)/t26-,29-/m0/s1. The molecule has 0 bridgehead atoms. The van der Waals surface area contributed by atoms with Crippen molar-refractivity contribution in [2.75, 3.05) is 13.7 Å². The zero-order chi connectivity index (χ0) is 34.4. The molecule has 2 aromatic carbocycles. The number of benzene rings is 2. The number of halogens is 3. The molecule has 6 rings (SSSR count). The molecule has 2 atom stereocenters. The highest BCUT2D eigenvalue weighted by molar-refractivity contribution is 7.88. The second-order valence-corrected chi connectivity index (χ2v) is 14.8. The number of fused-ring (bicyclic) bond motifs is 2. The van der Waals surface area contributed by atoms with Crippen molar-refractivity contribution in [2.45, 2.75) is 88.2 Å². The molecular formula is C34H39F3N4O6S. The number of hydrogen-bond donors (Lipinski definition) is 2. The van der Waals surface area contributed by atoms with Gasteiger partial charge in [-0.2, -0.15) is 21.6 Å². The van der Waals surface area contributed by atoms with Gasteiger partial charge in [0.2, 0.25) is 5.91 Å². The van der Waals surface area contributed by atoms with Gasteiger partial charge in [-0.25, -0.2) is 9.78 Å². The second kappa shape index (κ2) is 12.8. The van der Waals surface area contributed by atoms with E-state index in [1.807, 2.05) is 38.1 Å². The number of amides is 2. The molecule has 1 aliphatic heterocycles. The van der Waals surface area contributed by atoms with Gasteiger partial charge in [0.15, 0.2) is 0 Å². The summed E-state index contributed by atoms with van der Waals surface area (Å²) in [5.74, 6) is 0.0488. The van der Waals surface area contributed by atoms with Crippen molar-refractivity contribution in [3.8, 4) is 28.1 Å². The largest absolute Gasteiger partial charge is 0.534 e. The second-order valence-electron chi connectivity index (χ2n) is 13.2. The molecule has 48 heavy (non-hydrogen) atoms. The molecule has 14 heteroatoms. The molecule has 2 fully saturated rings. The average Bonchev–Trinajstić information content (AvgIpc) is 3.87. The van der Waals surface area contributed by atoms with Gasteiger partial charge in [0.05, 0.1) is 25.0 Å². The third kappa shape index (κ3) is 6.14. The number of alkyl carbamates (subject to hydrolysis) is 1. The van der Waals surface area contributed by atoms with Crippen LogP contribution in [0.25, 0.3) is 22.4 Å². The first-order valence-corrected chi connectivity index (χ1v) is 17.6. The zero-order valence-corrected chi connectivity index (χ0v) is 27.8. The van der Waals surface area contributed by atoms with E-state index < -0.39 is 27.8 Å². The fraction of sp³-hybridized carbons (Fsp3) is 0.500. The number of aromatic amines is 1. The molecule has 1 saturated heterocycles. The topological polar surface area (TPSA) is 131 Å². The van der Waals surface area contributed by atoms with Crippen LogP contribution in [-0.4, -0.2) is 60.5 Å². The Kier molecular flexibility index (Phi) is 8.98. The minimum atomic E-state index is -5.80. The van der Waals surface area contributed by atoms with Crippen LogP contribution in [0.4, 0.5) is 18.0 Å². The van der Waals surface area contributed by atoms with E-state index in [2.05, 4.69) is 19.5 Å². The van der Waals surface area contributed by atoms with Gasteiger partial charge in [-0.05, 0) is 78.2 Å². The van der Waals surface area contributed by atoms with Gasteiger partial charge < -0.3 is 24.1 Å². The molecule has 2 heterocycles. The Bertz CT molecular complexity index is 1800. The molecule has 2 N–H and O–H groups in total. The van der Waals surface area contributed by atoms with Crippen LogP contribution in [0.5, 0.6) is 5.75 Å². The summed E-state index contributed by atoms with van der Waals surface area (Å²) in [7, 11) is -4.54. The van der Waals surface area contributed by atoms with Gasteiger partial charge in [-0.3, -0.25) is 4.79 Å². The highest BCUT2D eigenvalue weighted by atomic mass is 32.2. The quantitative estimate of drug-likeness (QED) is 0.197. The molecule has 0 unspecified atom stereocenters. The van der Waals surface area contributed by atoms with Crippen LogP contribution in [0.2, 0.25) is 0 Å². The molecule has 2 aliphatic carbocycles. The molecule has 10 nitrogen and oxygen atoms in total. The lowest BCUT2D eigenvalue weighted by atomic mass is 9.77. The first kappa shape index (κ1) is 33.8. The van der Waals surface area contributed by atoms with Crippen LogP contribution in [-0.2, 0) is 31.5 Å². The van der Waals surface area contributed by atoms with E-state index in [-0.39, 0.29) is 29.0 Å². The van der Waals surface area contributed by atoms with E-state index in [4.69, 9.17) is 4.74 Å². The molecule has 1 spiro atoms. The zero-order valence-electron chi connectivity index (χ0n) is 27.0. The Labute approximate surface area is 277 Å². The maximum atomic E-state index is 13.5. The predicted molar refractivity (Wildman–Crippen MR) is 171 cm³/mol. The number of likely N-dealkylation sites (tertiary alicyclic amines) is 1. The Hall–Kier alpha value is -4.07. The summed E-state index contributed by atoms with van der Waals surface area (Å²) in [5.41, 5.74) is -1.01. The van der Waals surface area contributed by atoms with Crippen molar-refractivity contribution in [2.24, 2.45) is 5.92 Å². The predicted octanol–water partition coefficient (Wildman–Crippen LogP) is 6.77. The summed E-state index contributed by atoms with van der Waals surface area (Å²) in [6, 6.07) is 9.73.